The number of rotatable bonds is 6. The van der Waals surface area contributed by atoms with Crippen LogP contribution in [0.3, 0.4) is 0 Å². The Morgan fingerprint density at radius 2 is 1.82 bits per heavy atom. The zero-order valence-corrected chi connectivity index (χ0v) is 15.6. The number of benzene rings is 1. The Morgan fingerprint density at radius 1 is 1.14 bits per heavy atom. The molecule has 8 heteroatoms. The number of furan rings is 1. The average Bonchev–Trinajstić information content (AvgIpc) is 3.22. The highest BCUT2D eigenvalue weighted by molar-refractivity contribution is 5.89. The molecule has 1 aliphatic carbocycles. The summed E-state index contributed by atoms with van der Waals surface area (Å²) >= 11 is 0. The number of likely N-dealkylation sites (N-methyl/N-ethyl adjacent to an activating group) is 1. The molecule has 0 N–H and O–H groups in total. The normalized spacial score (nSPS) is 14.5. The molecule has 0 spiro atoms. The van der Waals surface area contributed by atoms with Crippen LogP contribution in [0.2, 0.25) is 0 Å². The van der Waals surface area contributed by atoms with Crippen molar-refractivity contribution in [1.82, 2.24) is 4.90 Å². The smallest absolute Gasteiger partial charge is 0.374 e. The molecule has 1 fully saturated rings. The fourth-order valence-electron chi connectivity index (χ4n) is 3.32. The van der Waals surface area contributed by atoms with Crippen LogP contribution in [-0.4, -0.2) is 41.4 Å². The molecule has 0 atom stereocenters. The number of non-ortho nitro benzene ring substituents is 1. The minimum Gasteiger partial charge on any atom is -0.450 e. The molecule has 1 aromatic heterocycles. The van der Waals surface area contributed by atoms with Gasteiger partial charge in [0, 0.05) is 30.8 Å². The Bertz CT molecular complexity index is 852. The number of amides is 1. The van der Waals surface area contributed by atoms with Crippen LogP contribution in [0.4, 0.5) is 5.69 Å². The summed E-state index contributed by atoms with van der Waals surface area (Å²) in [6.07, 6.45) is 5.38. The molecule has 1 saturated carbocycles. The quantitative estimate of drug-likeness (QED) is 0.425. The van der Waals surface area contributed by atoms with E-state index in [-0.39, 0.29) is 30.0 Å². The standard InChI is InChI=1S/C20H22N2O6/c1-21(15-5-3-2-4-6-15)19(23)13-27-20(24)18-12-11-17(28-18)14-7-9-16(10-8-14)22(25)26/h7-12,15H,2-6,13H2,1H3. The molecule has 0 unspecified atom stereocenters. The first-order valence-corrected chi connectivity index (χ1v) is 9.23. The van der Waals surface area contributed by atoms with Crippen LogP contribution >= 0.6 is 0 Å². The van der Waals surface area contributed by atoms with Gasteiger partial charge >= 0.3 is 5.97 Å². The second-order valence-electron chi connectivity index (χ2n) is 6.84. The van der Waals surface area contributed by atoms with Crippen molar-refractivity contribution in [2.75, 3.05) is 13.7 Å². The molecule has 8 nitrogen and oxygen atoms in total. The zero-order chi connectivity index (χ0) is 20.1. The van der Waals surface area contributed by atoms with Gasteiger partial charge in [0.15, 0.2) is 6.61 Å². The maximum absolute atomic E-state index is 12.3. The SMILES string of the molecule is CN(C(=O)COC(=O)c1ccc(-c2ccc([N+](=O)[O-])cc2)o1)C1CCCCC1. The summed E-state index contributed by atoms with van der Waals surface area (Å²) in [6, 6.07) is 9.02. The van der Waals surface area contributed by atoms with Gasteiger partial charge in [0.05, 0.1) is 4.92 Å². The molecule has 148 valence electrons. The van der Waals surface area contributed by atoms with Crippen molar-refractivity contribution in [1.29, 1.82) is 0 Å². The van der Waals surface area contributed by atoms with Crippen LogP contribution < -0.4 is 0 Å². The predicted octanol–water partition coefficient (Wildman–Crippen LogP) is 3.80. The summed E-state index contributed by atoms with van der Waals surface area (Å²) in [5.74, 6) is -0.602. The van der Waals surface area contributed by atoms with Crippen LogP contribution in [0.15, 0.2) is 40.8 Å². The average molecular weight is 386 g/mol. The molecular formula is C20H22N2O6. The van der Waals surface area contributed by atoms with E-state index in [9.17, 15) is 19.7 Å². The van der Waals surface area contributed by atoms with Crippen LogP contribution in [0, 0.1) is 10.1 Å². The number of hydrogen-bond donors (Lipinski definition) is 0. The van der Waals surface area contributed by atoms with Gasteiger partial charge in [0.25, 0.3) is 11.6 Å². The van der Waals surface area contributed by atoms with Gasteiger partial charge in [-0.05, 0) is 37.1 Å². The Morgan fingerprint density at radius 3 is 2.46 bits per heavy atom. The summed E-state index contributed by atoms with van der Waals surface area (Å²) in [4.78, 5) is 36.3. The Kier molecular flexibility index (Phi) is 6.08. The number of esters is 1. The first-order valence-electron chi connectivity index (χ1n) is 9.23. The highest BCUT2D eigenvalue weighted by atomic mass is 16.6. The Balaban J connectivity index is 1.56. The van der Waals surface area contributed by atoms with E-state index in [1.165, 1.54) is 36.8 Å². The van der Waals surface area contributed by atoms with E-state index in [0.717, 1.165) is 25.7 Å². The van der Waals surface area contributed by atoms with Gasteiger partial charge in [-0.15, -0.1) is 0 Å². The number of nitro groups is 1. The number of nitrogens with zero attached hydrogens (tertiary/aromatic N) is 2. The molecule has 1 aliphatic rings. The lowest BCUT2D eigenvalue weighted by Gasteiger charge is -2.31. The molecule has 1 heterocycles. The maximum atomic E-state index is 12.3. The van der Waals surface area contributed by atoms with E-state index >= 15 is 0 Å². The molecule has 0 aliphatic heterocycles. The van der Waals surface area contributed by atoms with E-state index in [1.54, 1.807) is 18.0 Å². The van der Waals surface area contributed by atoms with Crippen molar-refractivity contribution in [2.24, 2.45) is 0 Å². The van der Waals surface area contributed by atoms with Gasteiger partial charge in [-0.3, -0.25) is 14.9 Å². The van der Waals surface area contributed by atoms with Crippen LogP contribution in [0.1, 0.15) is 42.7 Å². The molecule has 28 heavy (non-hydrogen) atoms. The van der Waals surface area contributed by atoms with E-state index in [0.29, 0.717) is 11.3 Å². The number of ether oxygens (including phenoxy) is 1. The van der Waals surface area contributed by atoms with Crippen molar-refractivity contribution in [3.8, 4) is 11.3 Å². The monoisotopic (exact) mass is 386 g/mol. The molecule has 1 amide bonds. The van der Waals surface area contributed by atoms with Gasteiger partial charge in [-0.2, -0.15) is 0 Å². The van der Waals surface area contributed by atoms with Gasteiger partial charge in [0.1, 0.15) is 5.76 Å². The molecule has 3 rings (SSSR count). The summed E-state index contributed by atoms with van der Waals surface area (Å²) < 4.78 is 10.6. The van der Waals surface area contributed by atoms with Gasteiger partial charge in [-0.1, -0.05) is 19.3 Å². The van der Waals surface area contributed by atoms with Gasteiger partial charge in [0.2, 0.25) is 5.76 Å². The predicted molar refractivity (Wildman–Crippen MR) is 101 cm³/mol. The van der Waals surface area contributed by atoms with Crippen molar-refractivity contribution >= 4 is 17.6 Å². The summed E-state index contributed by atoms with van der Waals surface area (Å²) in [6.45, 7) is -0.334. The van der Waals surface area contributed by atoms with E-state index < -0.39 is 10.9 Å². The van der Waals surface area contributed by atoms with Crippen molar-refractivity contribution in [2.45, 2.75) is 38.1 Å². The Hall–Kier alpha value is -3.16. The van der Waals surface area contributed by atoms with E-state index in [2.05, 4.69) is 0 Å². The van der Waals surface area contributed by atoms with E-state index in [1.807, 2.05) is 0 Å². The summed E-state index contributed by atoms with van der Waals surface area (Å²) in [5, 5.41) is 10.7. The van der Waals surface area contributed by atoms with Crippen molar-refractivity contribution in [3.63, 3.8) is 0 Å². The molecule has 0 bridgehead atoms. The lowest BCUT2D eigenvalue weighted by molar-refractivity contribution is -0.384. The first-order chi connectivity index (χ1) is 13.5. The molecular weight excluding hydrogens is 364 g/mol. The second kappa shape index (κ2) is 8.69. The largest absolute Gasteiger partial charge is 0.450 e. The molecule has 1 aromatic carbocycles. The third-order valence-corrected chi connectivity index (χ3v) is 5.01. The molecule has 2 aromatic rings. The fourth-order valence-corrected chi connectivity index (χ4v) is 3.32. The highest BCUT2D eigenvalue weighted by Crippen LogP contribution is 2.25. The fraction of sp³-hybridized carbons (Fsp3) is 0.400. The number of nitro benzene ring substituents is 1. The zero-order valence-electron chi connectivity index (χ0n) is 15.6. The minimum atomic E-state index is -0.724. The van der Waals surface area contributed by atoms with Gasteiger partial charge in [-0.25, -0.2) is 4.79 Å². The number of carbonyl (C=O) groups is 2. The lowest BCUT2D eigenvalue weighted by Crippen LogP contribution is -2.40. The first kappa shape index (κ1) is 19.6. The molecule has 0 radical (unpaired) electrons. The number of carbonyl (C=O) groups excluding carboxylic acids is 2. The molecule has 0 saturated heterocycles. The Labute approximate surface area is 162 Å². The highest BCUT2D eigenvalue weighted by Gasteiger charge is 2.23. The third kappa shape index (κ3) is 4.57. The second-order valence-corrected chi connectivity index (χ2v) is 6.84. The van der Waals surface area contributed by atoms with Gasteiger partial charge < -0.3 is 14.1 Å². The van der Waals surface area contributed by atoms with Crippen LogP contribution in [0.5, 0.6) is 0 Å². The minimum absolute atomic E-state index is 0.0264. The van der Waals surface area contributed by atoms with Crippen LogP contribution in [0.25, 0.3) is 11.3 Å². The summed E-state index contributed by atoms with van der Waals surface area (Å²) in [5.41, 5.74) is 0.563. The van der Waals surface area contributed by atoms with Crippen LogP contribution in [-0.2, 0) is 9.53 Å². The van der Waals surface area contributed by atoms with Crippen molar-refractivity contribution < 1.29 is 23.7 Å². The maximum Gasteiger partial charge on any atom is 0.374 e. The van der Waals surface area contributed by atoms with Crippen molar-refractivity contribution in [3.05, 3.63) is 52.3 Å². The topological polar surface area (TPSA) is 103 Å². The third-order valence-electron chi connectivity index (χ3n) is 5.01. The lowest BCUT2D eigenvalue weighted by atomic mass is 9.94. The summed E-state index contributed by atoms with van der Waals surface area (Å²) in [7, 11) is 1.74. The van der Waals surface area contributed by atoms with E-state index in [4.69, 9.17) is 9.15 Å². The number of hydrogen-bond acceptors (Lipinski definition) is 6.